The Hall–Kier alpha value is -7.68. The van der Waals surface area contributed by atoms with Crippen molar-refractivity contribution in [2.24, 2.45) is 0 Å². The second-order valence-corrected chi connectivity index (χ2v) is 17.3. The van der Waals surface area contributed by atoms with E-state index < -0.39 is 5.41 Å². The van der Waals surface area contributed by atoms with Gasteiger partial charge < -0.3 is 0 Å². The van der Waals surface area contributed by atoms with Crippen LogP contribution in [-0.4, -0.2) is 9.97 Å². The van der Waals surface area contributed by atoms with E-state index in [9.17, 15) is 0 Å². The zero-order valence-corrected chi connectivity index (χ0v) is 34.7. The van der Waals surface area contributed by atoms with Crippen LogP contribution in [0.15, 0.2) is 218 Å². The van der Waals surface area contributed by atoms with E-state index in [1.54, 1.807) is 0 Å². The summed E-state index contributed by atoms with van der Waals surface area (Å²) in [5, 5.41) is 2.56. The maximum absolute atomic E-state index is 5.32. The van der Waals surface area contributed by atoms with Gasteiger partial charge in [-0.2, -0.15) is 0 Å². The fourth-order valence-corrected chi connectivity index (χ4v) is 10.6. The van der Waals surface area contributed by atoms with Gasteiger partial charge in [-0.05, 0) is 102 Å². The largest absolute Gasteiger partial charge is 0.228 e. The van der Waals surface area contributed by atoms with Gasteiger partial charge in [0.2, 0.25) is 0 Å². The number of nitrogens with zero attached hydrogens (tertiary/aromatic N) is 2. The van der Waals surface area contributed by atoms with Gasteiger partial charge in [-0.25, -0.2) is 9.97 Å². The Bertz CT molecular complexity index is 3310. The van der Waals surface area contributed by atoms with Crippen molar-refractivity contribution in [3.05, 3.63) is 252 Å². The third-order valence-corrected chi connectivity index (χ3v) is 13.6. The molecule has 2 aliphatic rings. The normalized spacial score (nSPS) is 13.9. The van der Waals surface area contributed by atoms with Crippen LogP contribution in [0, 0.1) is 0 Å². The number of fused-ring (bicyclic) bond motifs is 7. The van der Waals surface area contributed by atoms with Crippen LogP contribution in [0.3, 0.4) is 0 Å². The van der Waals surface area contributed by atoms with Crippen LogP contribution in [0.5, 0.6) is 0 Å². The van der Waals surface area contributed by atoms with Crippen molar-refractivity contribution in [1.82, 2.24) is 9.97 Å². The van der Waals surface area contributed by atoms with E-state index >= 15 is 0 Å². The highest BCUT2D eigenvalue weighted by molar-refractivity contribution is 5.99. The molecule has 0 saturated heterocycles. The summed E-state index contributed by atoms with van der Waals surface area (Å²) < 4.78 is 0. The van der Waals surface area contributed by atoms with Crippen LogP contribution in [0.4, 0.5) is 0 Å². The van der Waals surface area contributed by atoms with Gasteiger partial charge in [-0.3, -0.25) is 0 Å². The molecule has 292 valence electrons. The Labute approximate surface area is 362 Å². The molecular weight excluding hydrogens is 749 g/mol. The standard InChI is InChI=1S/C60H42N2/c1-59(2)52-28-16-26-47(57(52)50-35-42-19-12-13-20-43(42)36-53(50)59)39-29-31-40(32-30-39)55-38-56(62-58(61-55)41-17-6-3-7-18-41)44-33-34-49-48-25-14-15-27-51(48)60(54(49)37-44,45-21-8-4-9-22-45)46-23-10-5-11-24-46/h3-38H,1-2H3. The predicted molar refractivity (Wildman–Crippen MR) is 256 cm³/mol. The monoisotopic (exact) mass is 790 g/mol. The van der Waals surface area contributed by atoms with Crippen LogP contribution in [0.25, 0.3) is 78.1 Å². The van der Waals surface area contributed by atoms with Gasteiger partial charge in [-0.15, -0.1) is 0 Å². The van der Waals surface area contributed by atoms with Crippen LogP contribution >= 0.6 is 0 Å². The minimum absolute atomic E-state index is 0.0992. The molecule has 2 aliphatic carbocycles. The summed E-state index contributed by atoms with van der Waals surface area (Å²) >= 11 is 0. The van der Waals surface area contributed by atoms with Gasteiger partial charge in [0.15, 0.2) is 5.82 Å². The maximum Gasteiger partial charge on any atom is 0.160 e. The van der Waals surface area contributed by atoms with Crippen molar-refractivity contribution in [2.45, 2.75) is 24.7 Å². The van der Waals surface area contributed by atoms with Crippen molar-refractivity contribution in [2.75, 3.05) is 0 Å². The van der Waals surface area contributed by atoms with Crippen LogP contribution < -0.4 is 0 Å². The number of hydrogen-bond acceptors (Lipinski definition) is 2. The van der Waals surface area contributed by atoms with E-state index in [-0.39, 0.29) is 5.41 Å². The van der Waals surface area contributed by atoms with Crippen LogP contribution in [0.1, 0.15) is 47.2 Å². The fourth-order valence-electron chi connectivity index (χ4n) is 10.6. The maximum atomic E-state index is 5.32. The first kappa shape index (κ1) is 36.2. The highest BCUT2D eigenvalue weighted by atomic mass is 14.9. The molecule has 9 aromatic carbocycles. The zero-order chi connectivity index (χ0) is 41.4. The van der Waals surface area contributed by atoms with Gasteiger partial charge in [0.05, 0.1) is 16.8 Å². The highest BCUT2D eigenvalue weighted by Gasteiger charge is 2.46. The van der Waals surface area contributed by atoms with E-state index in [4.69, 9.17) is 9.97 Å². The van der Waals surface area contributed by atoms with Crippen LogP contribution in [0.2, 0.25) is 0 Å². The number of benzene rings is 9. The third-order valence-electron chi connectivity index (χ3n) is 13.6. The number of hydrogen-bond donors (Lipinski definition) is 0. The van der Waals surface area contributed by atoms with E-state index in [0.29, 0.717) is 5.82 Å². The van der Waals surface area contributed by atoms with E-state index in [2.05, 4.69) is 226 Å². The predicted octanol–water partition coefficient (Wildman–Crippen LogP) is 15.0. The summed E-state index contributed by atoms with van der Waals surface area (Å²) in [5.41, 5.74) is 19.7. The zero-order valence-electron chi connectivity index (χ0n) is 34.7. The molecule has 0 saturated carbocycles. The topological polar surface area (TPSA) is 25.8 Å². The summed E-state index contributed by atoms with van der Waals surface area (Å²) in [6, 6.07) is 79.6. The molecule has 0 amide bonds. The number of rotatable bonds is 6. The highest BCUT2D eigenvalue weighted by Crippen LogP contribution is 2.57. The molecule has 0 radical (unpaired) electrons. The summed E-state index contributed by atoms with van der Waals surface area (Å²) in [6.07, 6.45) is 0. The summed E-state index contributed by atoms with van der Waals surface area (Å²) in [7, 11) is 0. The van der Waals surface area contributed by atoms with E-state index in [1.165, 1.54) is 77.5 Å². The van der Waals surface area contributed by atoms with Gasteiger partial charge in [0.1, 0.15) is 0 Å². The minimum atomic E-state index is -0.501. The van der Waals surface area contributed by atoms with Gasteiger partial charge >= 0.3 is 0 Å². The molecule has 0 aliphatic heterocycles. The van der Waals surface area contributed by atoms with Gasteiger partial charge in [-0.1, -0.05) is 208 Å². The van der Waals surface area contributed by atoms with Crippen molar-refractivity contribution >= 4 is 10.8 Å². The van der Waals surface area contributed by atoms with Gasteiger partial charge in [0, 0.05) is 22.1 Å². The van der Waals surface area contributed by atoms with Crippen molar-refractivity contribution < 1.29 is 0 Å². The lowest BCUT2D eigenvalue weighted by Gasteiger charge is -2.34. The summed E-state index contributed by atoms with van der Waals surface area (Å²) in [5.74, 6) is 0.704. The van der Waals surface area contributed by atoms with Crippen LogP contribution in [-0.2, 0) is 10.8 Å². The Morgan fingerprint density at radius 2 is 0.855 bits per heavy atom. The quantitative estimate of drug-likeness (QED) is 0.168. The molecule has 0 bridgehead atoms. The fraction of sp³-hybridized carbons (Fsp3) is 0.0667. The lowest BCUT2D eigenvalue weighted by Crippen LogP contribution is -2.28. The molecule has 12 rings (SSSR count). The second kappa shape index (κ2) is 13.9. The molecule has 2 heteroatoms. The Balaban J connectivity index is 1.00. The Morgan fingerprint density at radius 3 is 1.56 bits per heavy atom. The molecule has 0 fully saturated rings. The van der Waals surface area contributed by atoms with Crippen molar-refractivity contribution in [3.8, 4) is 67.3 Å². The third kappa shape index (κ3) is 5.43. The first-order chi connectivity index (χ1) is 30.5. The SMILES string of the molecule is CC1(C)c2cc3ccccc3cc2-c2c(-c3ccc(-c4cc(-c5ccc6c(c5)C(c5ccccc5)(c5ccccc5)c5ccccc5-6)nc(-c5ccccc5)n4)cc3)cccc21. The summed E-state index contributed by atoms with van der Waals surface area (Å²) in [6.45, 7) is 4.72. The van der Waals surface area contributed by atoms with E-state index in [1.807, 2.05) is 6.07 Å². The average molecular weight is 791 g/mol. The molecule has 62 heavy (non-hydrogen) atoms. The molecule has 0 N–H and O–H groups in total. The lowest BCUT2D eigenvalue weighted by molar-refractivity contribution is 0.661. The first-order valence-electron chi connectivity index (χ1n) is 21.6. The molecule has 0 unspecified atom stereocenters. The minimum Gasteiger partial charge on any atom is -0.228 e. The molecule has 0 atom stereocenters. The Kier molecular flexibility index (Phi) is 8.14. The molecule has 1 aromatic heterocycles. The second-order valence-electron chi connectivity index (χ2n) is 17.3. The Morgan fingerprint density at radius 1 is 0.323 bits per heavy atom. The van der Waals surface area contributed by atoms with Gasteiger partial charge in [0.25, 0.3) is 0 Å². The molecule has 2 nitrogen and oxygen atoms in total. The molecular formula is C60H42N2. The van der Waals surface area contributed by atoms with Crippen molar-refractivity contribution in [1.29, 1.82) is 0 Å². The summed E-state index contributed by atoms with van der Waals surface area (Å²) in [4.78, 5) is 10.6. The number of aromatic nitrogens is 2. The first-order valence-corrected chi connectivity index (χ1v) is 21.6. The average Bonchev–Trinajstić information content (AvgIpc) is 3.76. The van der Waals surface area contributed by atoms with Crippen molar-refractivity contribution in [3.63, 3.8) is 0 Å². The van der Waals surface area contributed by atoms with E-state index in [0.717, 1.165) is 28.1 Å². The molecule has 1 heterocycles. The lowest BCUT2D eigenvalue weighted by atomic mass is 9.67. The smallest absolute Gasteiger partial charge is 0.160 e. The molecule has 10 aromatic rings. The molecule has 0 spiro atoms.